The Morgan fingerprint density at radius 1 is 1.33 bits per heavy atom. The van der Waals surface area contributed by atoms with Crippen LogP contribution in [0, 0.1) is 17.8 Å². The van der Waals surface area contributed by atoms with E-state index in [-0.39, 0.29) is 6.61 Å². The van der Waals surface area contributed by atoms with Gasteiger partial charge < -0.3 is 9.84 Å². The van der Waals surface area contributed by atoms with Crippen LogP contribution in [0.15, 0.2) is 0 Å². The van der Waals surface area contributed by atoms with Gasteiger partial charge in [0.15, 0.2) is 0 Å². The third kappa shape index (κ3) is 4.12. The van der Waals surface area contributed by atoms with E-state index in [1.54, 1.807) is 0 Å². The van der Waals surface area contributed by atoms with Crippen molar-refractivity contribution in [3.63, 3.8) is 0 Å². The minimum atomic E-state index is 0.245. The second-order valence-corrected chi connectivity index (χ2v) is 5.31. The summed E-state index contributed by atoms with van der Waals surface area (Å²) in [7, 11) is 0. The standard InChI is InChI=1S/C13H26O2/c1-10(2)12-6-5-11(3)9-13(12)15-8-4-7-14/h10-14H,4-9H2,1-3H3. The molecule has 1 rings (SSSR count). The third-order valence-electron chi connectivity index (χ3n) is 3.60. The minimum absolute atomic E-state index is 0.245. The van der Waals surface area contributed by atoms with E-state index >= 15 is 0 Å². The van der Waals surface area contributed by atoms with E-state index < -0.39 is 0 Å². The van der Waals surface area contributed by atoms with Crippen molar-refractivity contribution in [1.82, 2.24) is 0 Å². The van der Waals surface area contributed by atoms with Gasteiger partial charge in [-0.15, -0.1) is 0 Å². The maximum absolute atomic E-state index is 8.74. The molecule has 0 aromatic heterocycles. The number of hydrogen-bond donors (Lipinski definition) is 1. The highest BCUT2D eigenvalue weighted by Gasteiger charge is 2.30. The molecule has 15 heavy (non-hydrogen) atoms. The maximum atomic E-state index is 8.74. The summed E-state index contributed by atoms with van der Waals surface area (Å²) in [6.45, 7) is 7.87. The molecule has 0 saturated heterocycles. The highest BCUT2D eigenvalue weighted by molar-refractivity contribution is 4.81. The average Bonchev–Trinajstić information content (AvgIpc) is 2.18. The molecule has 2 nitrogen and oxygen atoms in total. The van der Waals surface area contributed by atoms with E-state index in [2.05, 4.69) is 20.8 Å². The fourth-order valence-electron chi connectivity index (χ4n) is 2.61. The summed E-state index contributed by atoms with van der Waals surface area (Å²) in [5, 5.41) is 8.74. The van der Waals surface area contributed by atoms with Crippen LogP contribution in [-0.2, 0) is 4.74 Å². The second-order valence-electron chi connectivity index (χ2n) is 5.31. The number of hydrogen-bond acceptors (Lipinski definition) is 2. The fraction of sp³-hybridized carbons (Fsp3) is 1.00. The Bertz CT molecular complexity index is 168. The Labute approximate surface area is 94.0 Å². The van der Waals surface area contributed by atoms with Crippen molar-refractivity contribution >= 4 is 0 Å². The molecule has 1 aliphatic carbocycles. The van der Waals surface area contributed by atoms with Crippen LogP contribution in [0.25, 0.3) is 0 Å². The predicted molar refractivity (Wildman–Crippen MR) is 62.8 cm³/mol. The molecular formula is C13H26O2. The van der Waals surface area contributed by atoms with Crippen LogP contribution in [0.1, 0.15) is 46.5 Å². The monoisotopic (exact) mass is 214 g/mol. The molecule has 0 radical (unpaired) electrons. The van der Waals surface area contributed by atoms with Crippen LogP contribution < -0.4 is 0 Å². The van der Waals surface area contributed by atoms with E-state index in [9.17, 15) is 0 Å². The first-order valence-electron chi connectivity index (χ1n) is 6.37. The third-order valence-corrected chi connectivity index (χ3v) is 3.60. The lowest BCUT2D eigenvalue weighted by molar-refractivity contribution is -0.0417. The zero-order valence-corrected chi connectivity index (χ0v) is 10.4. The van der Waals surface area contributed by atoms with Crippen LogP contribution in [0.2, 0.25) is 0 Å². The van der Waals surface area contributed by atoms with Crippen LogP contribution in [0.5, 0.6) is 0 Å². The molecule has 0 amide bonds. The molecule has 0 heterocycles. The lowest BCUT2D eigenvalue weighted by Crippen LogP contribution is -2.34. The summed E-state index contributed by atoms with van der Waals surface area (Å²) >= 11 is 0. The molecule has 90 valence electrons. The molecular weight excluding hydrogens is 188 g/mol. The fourth-order valence-corrected chi connectivity index (χ4v) is 2.61. The van der Waals surface area contributed by atoms with Gasteiger partial charge in [-0.1, -0.05) is 27.2 Å². The molecule has 1 fully saturated rings. The number of aliphatic hydroxyl groups excluding tert-OH is 1. The van der Waals surface area contributed by atoms with Crippen molar-refractivity contribution < 1.29 is 9.84 Å². The molecule has 1 saturated carbocycles. The number of aliphatic hydroxyl groups is 1. The normalized spacial score (nSPS) is 32.2. The van der Waals surface area contributed by atoms with Crippen molar-refractivity contribution in [2.45, 2.75) is 52.6 Å². The van der Waals surface area contributed by atoms with Crippen LogP contribution >= 0.6 is 0 Å². The van der Waals surface area contributed by atoms with E-state index in [0.717, 1.165) is 30.8 Å². The molecule has 0 aromatic carbocycles. The van der Waals surface area contributed by atoms with Crippen LogP contribution in [0.3, 0.4) is 0 Å². The molecule has 0 bridgehead atoms. The lowest BCUT2D eigenvalue weighted by Gasteiger charge is -2.37. The van der Waals surface area contributed by atoms with Gasteiger partial charge in [0.2, 0.25) is 0 Å². The predicted octanol–water partition coefficient (Wildman–Crippen LogP) is 2.85. The summed E-state index contributed by atoms with van der Waals surface area (Å²) in [4.78, 5) is 0. The molecule has 0 aliphatic heterocycles. The van der Waals surface area contributed by atoms with E-state index in [1.165, 1.54) is 19.3 Å². The largest absolute Gasteiger partial charge is 0.396 e. The van der Waals surface area contributed by atoms with Crippen LogP contribution in [0.4, 0.5) is 0 Å². The van der Waals surface area contributed by atoms with Crippen molar-refractivity contribution in [3.8, 4) is 0 Å². The van der Waals surface area contributed by atoms with Gasteiger partial charge in [-0.25, -0.2) is 0 Å². The minimum Gasteiger partial charge on any atom is -0.396 e. The highest BCUT2D eigenvalue weighted by Crippen LogP contribution is 2.35. The van der Waals surface area contributed by atoms with Gasteiger partial charge in [-0.3, -0.25) is 0 Å². The first kappa shape index (κ1) is 13.0. The molecule has 1 aliphatic rings. The lowest BCUT2D eigenvalue weighted by atomic mass is 9.75. The molecule has 0 aromatic rings. The van der Waals surface area contributed by atoms with Gasteiger partial charge in [-0.2, -0.15) is 0 Å². The van der Waals surface area contributed by atoms with Gasteiger partial charge in [0, 0.05) is 13.2 Å². The zero-order valence-electron chi connectivity index (χ0n) is 10.4. The zero-order chi connectivity index (χ0) is 11.3. The van der Waals surface area contributed by atoms with Gasteiger partial charge in [0.05, 0.1) is 6.10 Å². The van der Waals surface area contributed by atoms with Gasteiger partial charge in [0.1, 0.15) is 0 Å². The second kappa shape index (κ2) is 6.49. The molecule has 1 N–H and O–H groups in total. The average molecular weight is 214 g/mol. The number of ether oxygens (including phenoxy) is 1. The van der Waals surface area contributed by atoms with E-state index in [1.807, 2.05) is 0 Å². The Kier molecular flexibility index (Phi) is 5.62. The summed E-state index contributed by atoms with van der Waals surface area (Å²) in [6.07, 6.45) is 5.07. The summed E-state index contributed by atoms with van der Waals surface area (Å²) in [6, 6.07) is 0. The molecule has 3 unspecified atom stereocenters. The smallest absolute Gasteiger partial charge is 0.0608 e. The molecule has 0 spiro atoms. The van der Waals surface area contributed by atoms with E-state index in [4.69, 9.17) is 9.84 Å². The Balaban J connectivity index is 2.39. The van der Waals surface area contributed by atoms with Crippen molar-refractivity contribution in [1.29, 1.82) is 0 Å². The van der Waals surface area contributed by atoms with Gasteiger partial charge in [0.25, 0.3) is 0 Å². The molecule has 3 atom stereocenters. The Morgan fingerprint density at radius 2 is 2.07 bits per heavy atom. The summed E-state index contributed by atoms with van der Waals surface area (Å²) in [5.74, 6) is 2.25. The van der Waals surface area contributed by atoms with Gasteiger partial charge >= 0.3 is 0 Å². The summed E-state index contributed by atoms with van der Waals surface area (Å²) in [5.41, 5.74) is 0. The SMILES string of the molecule is CC1CCC(C(C)C)C(OCCCO)C1. The van der Waals surface area contributed by atoms with Crippen LogP contribution in [-0.4, -0.2) is 24.4 Å². The maximum Gasteiger partial charge on any atom is 0.0608 e. The summed E-state index contributed by atoms with van der Waals surface area (Å²) < 4.78 is 5.91. The Hall–Kier alpha value is -0.0800. The van der Waals surface area contributed by atoms with Crippen molar-refractivity contribution in [2.24, 2.45) is 17.8 Å². The van der Waals surface area contributed by atoms with Gasteiger partial charge in [-0.05, 0) is 37.0 Å². The molecule has 2 heteroatoms. The first-order valence-corrected chi connectivity index (χ1v) is 6.37. The van der Waals surface area contributed by atoms with E-state index in [0.29, 0.717) is 6.10 Å². The highest BCUT2D eigenvalue weighted by atomic mass is 16.5. The van der Waals surface area contributed by atoms with Crippen molar-refractivity contribution in [3.05, 3.63) is 0 Å². The topological polar surface area (TPSA) is 29.5 Å². The van der Waals surface area contributed by atoms with Crippen molar-refractivity contribution in [2.75, 3.05) is 13.2 Å². The quantitative estimate of drug-likeness (QED) is 0.713. The first-order chi connectivity index (χ1) is 7.15. The number of rotatable bonds is 5. The Morgan fingerprint density at radius 3 is 2.67 bits per heavy atom.